The van der Waals surface area contributed by atoms with Gasteiger partial charge in [0.25, 0.3) is 0 Å². The van der Waals surface area contributed by atoms with Crippen molar-refractivity contribution in [3.8, 4) is 6.07 Å². The van der Waals surface area contributed by atoms with Crippen LogP contribution in [0, 0.1) is 11.3 Å². The molecule has 1 rings (SSSR count). The number of rotatable bonds is 4. The van der Waals surface area contributed by atoms with Gasteiger partial charge in [0.2, 0.25) is 0 Å². The molecule has 1 aromatic heterocycles. The first-order chi connectivity index (χ1) is 6.77. The summed E-state index contributed by atoms with van der Waals surface area (Å²) in [4.78, 5) is 8.00. The zero-order valence-corrected chi connectivity index (χ0v) is 8.49. The van der Waals surface area contributed by atoms with Gasteiger partial charge in [0.1, 0.15) is 6.07 Å². The molecule has 0 saturated heterocycles. The van der Waals surface area contributed by atoms with E-state index in [2.05, 4.69) is 29.1 Å². The summed E-state index contributed by atoms with van der Waals surface area (Å²) in [6.07, 6.45) is 5.27. The first-order valence-electron chi connectivity index (χ1n) is 4.75. The molecule has 1 aromatic rings. The van der Waals surface area contributed by atoms with E-state index in [0.29, 0.717) is 17.6 Å². The zero-order chi connectivity index (χ0) is 10.4. The lowest BCUT2D eigenvalue weighted by Gasteiger charge is -2.13. The van der Waals surface area contributed by atoms with Crippen LogP contribution >= 0.6 is 0 Å². The minimum atomic E-state index is 0.323. The van der Waals surface area contributed by atoms with Crippen LogP contribution in [0.5, 0.6) is 0 Å². The highest BCUT2D eigenvalue weighted by molar-refractivity contribution is 5.47. The molecule has 4 heteroatoms. The summed E-state index contributed by atoms with van der Waals surface area (Å²) in [5.41, 5.74) is 0.357. The predicted molar refractivity (Wildman–Crippen MR) is 54.7 cm³/mol. The van der Waals surface area contributed by atoms with Crippen molar-refractivity contribution in [1.82, 2.24) is 9.97 Å². The summed E-state index contributed by atoms with van der Waals surface area (Å²) in [6.45, 7) is 4.19. The van der Waals surface area contributed by atoms with Crippen LogP contribution in [0.25, 0.3) is 0 Å². The van der Waals surface area contributed by atoms with Gasteiger partial charge in [-0.05, 0) is 13.3 Å². The molecule has 1 unspecified atom stereocenters. The van der Waals surface area contributed by atoms with Crippen molar-refractivity contribution < 1.29 is 0 Å². The average molecular weight is 190 g/mol. The Morgan fingerprint density at radius 1 is 1.50 bits per heavy atom. The number of hydrogen-bond acceptors (Lipinski definition) is 4. The van der Waals surface area contributed by atoms with Gasteiger partial charge in [-0.3, -0.25) is 0 Å². The van der Waals surface area contributed by atoms with Gasteiger partial charge in [-0.1, -0.05) is 13.3 Å². The first-order valence-corrected chi connectivity index (χ1v) is 4.75. The summed E-state index contributed by atoms with van der Waals surface area (Å²) in [5, 5.41) is 11.9. The second-order valence-electron chi connectivity index (χ2n) is 3.20. The Balaban J connectivity index is 2.71. The molecule has 14 heavy (non-hydrogen) atoms. The second kappa shape index (κ2) is 5.18. The Kier molecular flexibility index (Phi) is 3.86. The highest BCUT2D eigenvalue weighted by Crippen LogP contribution is 2.10. The van der Waals surface area contributed by atoms with Crippen molar-refractivity contribution in [3.63, 3.8) is 0 Å². The number of nitrogens with zero attached hydrogens (tertiary/aromatic N) is 3. The van der Waals surface area contributed by atoms with Crippen LogP contribution in [0.2, 0.25) is 0 Å². The Morgan fingerprint density at radius 2 is 2.21 bits per heavy atom. The summed E-state index contributed by atoms with van der Waals surface area (Å²) in [7, 11) is 0. The zero-order valence-electron chi connectivity index (χ0n) is 8.49. The van der Waals surface area contributed by atoms with Gasteiger partial charge >= 0.3 is 0 Å². The molecule has 74 valence electrons. The number of anilines is 1. The van der Waals surface area contributed by atoms with E-state index in [1.165, 1.54) is 6.20 Å². The van der Waals surface area contributed by atoms with E-state index >= 15 is 0 Å². The fourth-order valence-electron chi connectivity index (χ4n) is 1.26. The lowest BCUT2D eigenvalue weighted by atomic mass is 10.2. The summed E-state index contributed by atoms with van der Waals surface area (Å²) in [6, 6.07) is 2.33. The van der Waals surface area contributed by atoms with Crippen molar-refractivity contribution >= 4 is 5.82 Å². The van der Waals surface area contributed by atoms with Crippen LogP contribution < -0.4 is 5.32 Å². The number of nitriles is 1. The first kappa shape index (κ1) is 10.5. The highest BCUT2D eigenvalue weighted by Gasteiger charge is 2.06. The number of aromatic nitrogens is 2. The Hall–Kier alpha value is -1.63. The van der Waals surface area contributed by atoms with Gasteiger partial charge in [-0.2, -0.15) is 5.26 Å². The van der Waals surface area contributed by atoms with Crippen molar-refractivity contribution in [2.75, 3.05) is 5.32 Å². The molecule has 0 aromatic carbocycles. The van der Waals surface area contributed by atoms with Crippen LogP contribution in [-0.2, 0) is 0 Å². The molecule has 0 radical (unpaired) electrons. The third kappa shape index (κ3) is 2.70. The van der Waals surface area contributed by atoms with E-state index in [9.17, 15) is 0 Å². The van der Waals surface area contributed by atoms with Gasteiger partial charge < -0.3 is 5.32 Å². The fraction of sp³-hybridized carbons (Fsp3) is 0.500. The molecule has 1 atom stereocenters. The Morgan fingerprint density at radius 3 is 2.86 bits per heavy atom. The minimum absolute atomic E-state index is 0.323. The van der Waals surface area contributed by atoms with E-state index in [1.807, 2.05) is 6.07 Å². The van der Waals surface area contributed by atoms with Gasteiger partial charge in [-0.15, -0.1) is 0 Å². The van der Waals surface area contributed by atoms with Crippen LogP contribution in [0.1, 0.15) is 32.4 Å². The molecule has 0 saturated carbocycles. The Bertz CT molecular complexity index is 329. The SMILES string of the molecule is CCCC(C)Nc1nccnc1C#N. The molecule has 0 aliphatic carbocycles. The van der Waals surface area contributed by atoms with Gasteiger partial charge in [0.15, 0.2) is 11.5 Å². The molecule has 4 nitrogen and oxygen atoms in total. The summed E-state index contributed by atoms with van der Waals surface area (Å²) >= 11 is 0. The van der Waals surface area contributed by atoms with E-state index in [0.717, 1.165) is 12.8 Å². The van der Waals surface area contributed by atoms with E-state index in [1.54, 1.807) is 6.20 Å². The molecule has 1 heterocycles. The Labute approximate surface area is 84.0 Å². The predicted octanol–water partition coefficient (Wildman–Crippen LogP) is 1.95. The molecular formula is C10H14N4. The molecule has 1 N–H and O–H groups in total. The van der Waals surface area contributed by atoms with Crippen molar-refractivity contribution in [2.24, 2.45) is 0 Å². The van der Waals surface area contributed by atoms with Gasteiger partial charge in [0, 0.05) is 18.4 Å². The highest BCUT2D eigenvalue weighted by atomic mass is 15.0. The average Bonchev–Trinajstić information content (AvgIpc) is 2.19. The topological polar surface area (TPSA) is 61.6 Å². The van der Waals surface area contributed by atoms with E-state index in [4.69, 9.17) is 5.26 Å². The van der Waals surface area contributed by atoms with Crippen LogP contribution in [-0.4, -0.2) is 16.0 Å². The van der Waals surface area contributed by atoms with Crippen molar-refractivity contribution in [2.45, 2.75) is 32.7 Å². The minimum Gasteiger partial charge on any atom is -0.365 e. The van der Waals surface area contributed by atoms with Crippen molar-refractivity contribution in [1.29, 1.82) is 5.26 Å². The molecule has 0 bridgehead atoms. The number of hydrogen-bond donors (Lipinski definition) is 1. The third-order valence-corrected chi connectivity index (χ3v) is 1.91. The maximum Gasteiger partial charge on any atom is 0.182 e. The third-order valence-electron chi connectivity index (χ3n) is 1.91. The molecular weight excluding hydrogens is 176 g/mol. The summed E-state index contributed by atoms with van der Waals surface area (Å²) < 4.78 is 0. The van der Waals surface area contributed by atoms with Crippen molar-refractivity contribution in [3.05, 3.63) is 18.1 Å². The standard InChI is InChI=1S/C10H14N4/c1-3-4-8(2)14-10-9(7-11)12-5-6-13-10/h5-6,8H,3-4H2,1-2H3,(H,13,14). The van der Waals surface area contributed by atoms with E-state index in [-0.39, 0.29) is 0 Å². The van der Waals surface area contributed by atoms with Gasteiger partial charge in [-0.25, -0.2) is 9.97 Å². The van der Waals surface area contributed by atoms with Crippen LogP contribution in [0.15, 0.2) is 12.4 Å². The maximum absolute atomic E-state index is 8.77. The van der Waals surface area contributed by atoms with E-state index < -0.39 is 0 Å². The van der Waals surface area contributed by atoms with Gasteiger partial charge in [0.05, 0.1) is 0 Å². The largest absolute Gasteiger partial charge is 0.365 e. The van der Waals surface area contributed by atoms with Crippen LogP contribution in [0.3, 0.4) is 0 Å². The monoisotopic (exact) mass is 190 g/mol. The molecule has 0 aliphatic rings. The normalized spacial score (nSPS) is 11.8. The maximum atomic E-state index is 8.77. The number of nitrogens with one attached hydrogen (secondary N) is 1. The smallest absolute Gasteiger partial charge is 0.182 e. The fourth-order valence-corrected chi connectivity index (χ4v) is 1.26. The lowest BCUT2D eigenvalue weighted by molar-refractivity contribution is 0.686. The van der Waals surface area contributed by atoms with Crippen LogP contribution in [0.4, 0.5) is 5.82 Å². The lowest BCUT2D eigenvalue weighted by Crippen LogP contribution is -2.16. The molecule has 0 amide bonds. The summed E-state index contributed by atoms with van der Waals surface area (Å²) in [5.74, 6) is 0.580. The second-order valence-corrected chi connectivity index (χ2v) is 3.20. The quantitative estimate of drug-likeness (QED) is 0.788. The molecule has 0 fully saturated rings. The molecule has 0 aliphatic heterocycles. The molecule has 0 spiro atoms.